The number of carbonyl (C=O) groups is 3. The third-order valence-electron chi connectivity index (χ3n) is 6.40. The molecule has 184 valence electrons. The molecule has 2 aromatic carbocycles. The summed E-state index contributed by atoms with van der Waals surface area (Å²) in [5, 5.41) is 0.586. The van der Waals surface area contributed by atoms with Gasteiger partial charge in [-0.1, -0.05) is 35.9 Å². The Hall–Kier alpha value is -3.16. The van der Waals surface area contributed by atoms with Crippen molar-refractivity contribution in [2.45, 2.75) is 32.7 Å². The van der Waals surface area contributed by atoms with Gasteiger partial charge in [0, 0.05) is 41.7 Å². The van der Waals surface area contributed by atoms with Crippen LogP contribution in [0.25, 0.3) is 0 Å². The van der Waals surface area contributed by atoms with Crippen LogP contribution in [0.5, 0.6) is 0 Å². The molecule has 0 radical (unpaired) electrons. The van der Waals surface area contributed by atoms with Gasteiger partial charge in [-0.2, -0.15) is 0 Å². The highest BCUT2D eigenvalue weighted by molar-refractivity contribution is 6.30. The molecule has 2 aliphatic rings. The number of benzene rings is 2. The zero-order valence-electron chi connectivity index (χ0n) is 20.0. The van der Waals surface area contributed by atoms with Gasteiger partial charge in [0.1, 0.15) is 0 Å². The fourth-order valence-corrected chi connectivity index (χ4v) is 4.72. The molecule has 0 bridgehead atoms. The van der Waals surface area contributed by atoms with Crippen LogP contribution in [0.1, 0.15) is 47.7 Å². The maximum atomic E-state index is 13.3. The third kappa shape index (κ3) is 5.57. The second-order valence-corrected chi connectivity index (χ2v) is 9.05. The quantitative estimate of drug-likeness (QED) is 0.561. The fraction of sp³-hybridized carbons (Fsp3) is 0.370. The maximum absolute atomic E-state index is 13.3. The van der Waals surface area contributed by atoms with E-state index in [9.17, 15) is 14.4 Å². The predicted octanol–water partition coefficient (Wildman–Crippen LogP) is 4.17. The van der Waals surface area contributed by atoms with Gasteiger partial charge in [0.15, 0.2) is 0 Å². The SMILES string of the molecule is CCOC(=O)C1=C(C)N(Cc2cccc(C(=O)N3CCOCC3)c2)C(=O)CC1c1ccc(Cl)cc1. The van der Waals surface area contributed by atoms with Gasteiger partial charge in [0.2, 0.25) is 5.91 Å². The van der Waals surface area contributed by atoms with E-state index in [4.69, 9.17) is 21.1 Å². The summed E-state index contributed by atoms with van der Waals surface area (Å²) < 4.78 is 10.7. The molecule has 1 unspecified atom stereocenters. The van der Waals surface area contributed by atoms with Gasteiger partial charge in [-0.3, -0.25) is 9.59 Å². The van der Waals surface area contributed by atoms with E-state index in [1.54, 1.807) is 41.8 Å². The minimum atomic E-state index is -0.432. The first-order valence-corrected chi connectivity index (χ1v) is 12.2. The average molecular weight is 497 g/mol. The first-order valence-electron chi connectivity index (χ1n) is 11.8. The van der Waals surface area contributed by atoms with E-state index in [0.29, 0.717) is 48.2 Å². The molecule has 0 aromatic heterocycles. The van der Waals surface area contributed by atoms with E-state index in [0.717, 1.165) is 11.1 Å². The molecule has 7 nitrogen and oxygen atoms in total. The van der Waals surface area contributed by atoms with E-state index < -0.39 is 11.9 Å². The number of hydrogen-bond donors (Lipinski definition) is 0. The molecule has 2 aliphatic heterocycles. The number of ether oxygens (including phenoxy) is 2. The van der Waals surface area contributed by atoms with Crippen LogP contribution in [0.3, 0.4) is 0 Å². The average Bonchev–Trinajstić information content (AvgIpc) is 2.87. The highest BCUT2D eigenvalue weighted by Gasteiger charge is 2.37. The number of hydrogen-bond acceptors (Lipinski definition) is 5. The summed E-state index contributed by atoms with van der Waals surface area (Å²) in [6.07, 6.45) is 0.138. The zero-order chi connectivity index (χ0) is 24.9. The Morgan fingerprint density at radius 2 is 1.83 bits per heavy atom. The monoisotopic (exact) mass is 496 g/mol. The minimum Gasteiger partial charge on any atom is -0.463 e. The molecule has 0 N–H and O–H groups in total. The highest BCUT2D eigenvalue weighted by Crippen LogP contribution is 2.38. The van der Waals surface area contributed by atoms with Crippen LogP contribution in [-0.2, 0) is 25.6 Å². The van der Waals surface area contributed by atoms with Gasteiger partial charge >= 0.3 is 5.97 Å². The van der Waals surface area contributed by atoms with Crippen molar-refractivity contribution in [1.82, 2.24) is 9.80 Å². The number of amides is 2. The standard InChI is InChI=1S/C27H29ClN2O5/c1-3-35-27(33)25-18(2)30(24(31)16-23(25)20-7-9-22(28)10-8-20)17-19-5-4-6-21(15-19)26(32)29-11-13-34-14-12-29/h4-10,15,23H,3,11-14,16-17H2,1-2H3. The lowest BCUT2D eigenvalue weighted by molar-refractivity contribution is -0.140. The van der Waals surface area contributed by atoms with Crippen LogP contribution in [-0.4, -0.2) is 60.5 Å². The van der Waals surface area contributed by atoms with Crippen molar-refractivity contribution in [3.8, 4) is 0 Å². The fourth-order valence-electron chi connectivity index (χ4n) is 4.59. The van der Waals surface area contributed by atoms with Crippen molar-refractivity contribution in [2.24, 2.45) is 0 Å². The van der Waals surface area contributed by atoms with Crippen LogP contribution in [0.4, 0.5) is 0 Å². The number of rotatable bonds is 6. The Morgan fingerprint density at radius 1 is 1.11 bits per heavy atom. The van der Waals surface area contributed by atoms with E-state index in [1.807, 2.05) is 30.3 Å². The van der Waals surface area contributed by atoms with Crippen molar-refractivity contribution in [1.29, 1.82) is 0 Å². The van der Waals surface area contributed by atoms with Gasteiger partial charge in [-0.25, -0.2) is 4.79 Å². The molecular weight excluding hydrogens is 468 g/mol. The van der Waals surface area contributed by atoms with Crippen LogP contribution < -0.4 is 0 Å². The molecular formula is C27H29ClN2O5. The van der Waals surface area contributed by atoms with Crippen LogP contribution in [0.15, 0.2) is 59.8 Å². The molecule has 1 fully saturated rings. The smallest absolute Gasteiger partial charge is 0.336 e. The largest absolute Gasteiger partial charge is 0.463 e. The molecule has 0 saturated carbocycles. The molecule has 8 heteroatoms. The van der Waals surface area contributed by atoms with E-state index >= 15 is 0 Å². The Balaban J connectivity index is 1.63. The van der Waals surface area contributed by atoms with Crippen molar-refractivity contribution in [3.63, 3.8) is 0 Å². The molecule has 35 heavy (non-hydrogen) atoms. The van der Waals surface area contributed by atoms with Crippen molar-refractivity contribution < 1.29 is 23.9 Å². The Kier molecular flexibility index (Phi) is 7.88. The minimum absolute atomic E-state index is 0.0533. The van der Waals surface area contributed by atoms with Gasteiger partial charge in [0.25, 0.3) is 5.91 Å². The maximum Gasteiger partial charge on any atom is 0.336 e. The van der Waals surface area contributed by atoms with Gasteiger partial charge in [0.05, 0.1) is 31.9 Å². The van der Waals surface area contributed by atoms with E-state index in [1.165, 1.54) is 0 Å². The first kappa shape index (κ1) is 24.9. The van der Waals surface area contributed by atoms with E-state index in [2.05, 4.69) is 0 Å². The first-order chi connectivity index (χ1) is 16.9. The lowest BCUT2D eigenvalue weighted by Gasteiger charge is -2.34. The second-order valence-electron chi connectivity index (χ2n) is 8.61. The molecule has 0 aliphatic carbocycles. The Bertz CT molecular complexity index is 1140. The normalized spacial score (nSPS) is 18.6. The summed E-state index contributed by atoms with van der Waals surface area (Å²) in [6, 6.07) is 14.5. The summed E-state index contributed by atoms with van der Waals surface area (Å²) in [5.41, 5.74) is 3.24. The Morgan fingerprint density at radius 3 is 2.51 bits per heavy atom. The second kappa shape index (κ2) is 11.1. The Labute approximate surface area is 210 Å². The van der Waals surface area contributed by atoms with Crippen LogP contribution in [0, 0.1) is 0 Å². The molecule has 1 saturated heterocycles. The molecule has 2 aromatic rings. The van der Waals surface area contributed by atoms with Crippen molar-refractivity contribution >= 4 is 29.4 Å². The van der Waals surface area contributed by atoms with Crippen LogP contribution in [0.2, 0.25) is 5.02 Å². The summed E-state index contributed by atoms with van der Waals surface area (Å²) in [5.74, 6) is -0.995. The number of morpholine rings is 1. The van der Waals surface area contributed by atoms with Crippen molar-refractivity contribution in [2.75, 3.05) is 32.9 Å². The summed E-state index contributed by atoms with van der Waals surface area (Å²) in [4.78, 5) is 42.6. The predicted molar refractivity (Wildman–Crippen MR) is 132 cm³/mol. The van der Waals surface area contributed by atoms with Gasteiger partial charge in [-0.15, -0.1) is 0 Å². The third-order valence-corrected chi connectivity index (χ3v) is 6.66. The molecule has 0 spiro atoms. The highest BCUT2D eigenvalue weighted by atomic mass is 35.5. The zero-order valence-corrected chi connectivity index (χ0v) is 20.7. The van der Waals surface area contributed by atoms with E-state index in [-0.39, 0.29) is 31.4 Å². The number of halogens is 1. The molecule has 4 rings (SSSR count). The summed E-state index contributed by atoms with van der Waals surface area (Å²) in [6.45, 7) is 6.21. The van der Waals surface area contributed by atoms with Gasteiger partial charge in [-0.05, 0) is 49.2 Å². The lowest BCUT2D eigenvalue weighted by atomic mass is 9.83. The topological polar surface area (TPSA) is 76.2 Å². The number of esters is 1. The number of carbonyl (C=O) groups excluding carboxylic acids is 3. The number of nitrogens with zero attached hydrogens (tertiary/aromatic N) is 2. The molecule has 2 heterocycles. The lowest BCUT2D eigenvalue weighted by Crippen LogP contribution is -2.40. The van der Waals surface area contributed by atoms with Gasteiger partial charge < -0.3 is 19.3 Å². The molecule has 1 atom stereocenters. The summed E-state index contributed by atoms with van der Waals surface area (Å²) in [7, 11) is 0. The van der Waals surface area contributed by atoms with Crippen LogP contribution >= 0.6 is 11.6 Å². The molecule has 2 amide bonds. The summed E-state index contributed by atoms with van der Waals surface area (Å²) >= 11 is 6.04. The van der Waals surface area contributed by atoms with Crippen molar-refractivity contribution in [3.05, 3.63) is 81.5 Å². The number of allylic oxidation sites excluding steroid dienone is 1.